The summed E-state index contributed by atoms with van der Waals surface area (Å²) in [4.78, 5) is 0. The first-order chi connectivity index (χ1) is 4.61. The number of benzene rings is 1. The predicted molar refractivity (Wildman–Crippen MR) is 49.3 cm³/mol. The summed E-state index contributed by atoms with van der Waals surface area (Å²) >= 11 is 1.00. The van der Waals surface area contributed by atoms with Crippen molar-refractivity contribution in [3.05, 3.63) is 30.3 Å². The van der Waals surface area contributed by atoms with Gasteiger partial charge in [-0.3, -0.25) is 0 Å². The Hall–Kier alpha value is 1.07. The minimum atomic E-state index is -0.846. The third-order valence-corrected chi connectivity index (χ3v) is 6.41. The topological polar surface area (TPSA) is 0 Å². The minimum absolute atomic E-state index is 0.846. The van der Waals surface area contributed by atoms with E-state index in [0.29, 0.717) is 0 Å². The second kappa shape index (κ2) is 3.65. The van der Waals surface area contributed by atoms with Crippen molar-refractivity contribution < 1.29 is 0 Å². The zero-order chi connectivity index (χ0) is 7.61. The summed E-state index contributed by atoms with van der Waals surface area (Å²) in [6, 6.07) is 10.9. The second-order valence-electron chi connectivity index (χ2n) is 3.62. The molecule has 1 aromatic carbocycles. The molecular weight excluding hydrogens is 163 g/mol. The van der Waals surface area contributed by atoms with Crippen LogP contribution in [-0.4, -0.2) is 48.4 Å². The van der Waals surface area contributed by atoms with Gasteiger partial charge in [0.05, 0.1) is 0 Å². The molecule has 0 N–H and O–H groups in total. The maximum atomic E-state index is 2.45. The van der Waals surface area contributed by atoms with Gasteiger partial charge in [0.1, 0.15) is 0 Å². The second-order valence-corrected chi connectivity index (χ2v) is 20.4. The van der Waals surface area contributed by atoms with Crippen LogP contribution in [0.1, 0.15) is 0 Å². The molecule has 0 atom stereocenters. The van der Waals surface area contributed by atoms with Crippen LogP contribution in [0.2, 0.25) is 13.1 Å². The first-order valence-electron chi connectivity index (χ1n) is 3.66. The molecule has 0 heterocycles. The van der Waals surface area contributed by atoms with Crippen LogP contribution in [0.3, 0.4) is 0 Å². The molecule has 0 nitrogen and oxygen atoms in total. The Morgan fingerprint density at radius 2 is 1.60 bits per heavy atom. The van der Waals surface area contributed by atoms with Crippen LogP contribution in [-0.2, 0) is 0 Å². The molecule has 0 amide bonds. The van der Waals surface area contributed by atoms with Crippen LogP contribution in [0.4, 0.5) is 0 Å². The van der Waals surface area contributed by atoms with Crippen LogP contribution in [0, 0.1) is 0 Å². The third kappa shape index (κ3) is 2.60. The molecule has 0 aliphatic rings. The fourth-order valence-corrected chi connectivity index (χ4v) is 3.69. The normalized spacial score (nSPS) is 11.6. The average Bonchev–Trinajstić information content (AvgIpc) is 1.88. The van der Waals surface area contributed by atoms with Gasteiger partial charge in [0, 0.05) is 0 Å². The van der Waals surface area contributed by atoms with E-state index in [-0.39, 0.29) is 0 Å². The summed E-state index contributed by atoms with van der Waals surface area (Å²) < 4.78 is -0.846. The molecule has 0 aromatic heterocycles. The molecule has 2 heteroatoms. The summed E-state index contributed by atoms with van der Waals surface area (Å²) in [5.74, 6) is 0. The van der Waals surface area contributed by atoms with Crippen molar-refractivity contribution in [3.8, 4) is 0 Å². The monoisotopic (exact) mass is 174 g/mol. The summed E-state index contributed by atoms with van der Waals surface area (Å²) in [5, 5.41) is 1.62. The number of rotatable bonds is 1. The summed E-state index contributed by atoms with van der Waals surface area (Å²) in [6.07, 6.45) is 0. The van der Waals surface area contributed by atoms with E-state index in [1.165, 1.54) is 0 Å². The molecule has 48 valence electrons. The van der Waals surface area contributed by atoms with Crippen molar-refractivity contribution in [3.63, 3.8) is 0 Å². The number of hydrogen-bond donors (Lipinski definition) is 0. The molecule has 1 rings (SSSR count). The molecule has 0 saturated heterocycles. The summed E-state index contributed by atoms with van der Waals surface area (Å²) in [7, 11) is 0. The van der Waals surface area contributed by atoms with Crippen molar-refractivity contribution in [1.82, 2.24) is 0 Å². The summed E-state index contributed by atoms with van der Waals surface area (Å²) in [6.45, 7) is 4.89. The van der Waals surface area contributed by atoms with Gasteiger partial charge in [-0.1, -0.05) is 0 Å². The van der Waals surface area contributed by atoms with E-state index in [1.807, 2.05) is 0 Å². The Bertz CT molecular complexity index is 200. The van der Waals surface area contributed by atoms with Crippen LogP contribution < -0.4 is 5.19 Å². The van der Waals surface area contributed by atoms with E-state index in [4.69, 9.17) is 0 Å². The van der Waals surface area contributed by atoms with Crippen LogP contribution in [0.5, 0.6) is 0 Å². The van der Waals surface area contributed by atoms with Crippen LogP contribution in [0.25, 0.3) is 0 Å². The van der Waals surface area contributed by atoms with Gasteiger partial charge in [-0.15, -0.1) is 0 Å². The molecule has 0 spiro atoms. The van der Waals surface area contributed by atoms with Gasteiger partial charge in [-0.25, -0.2) is 0 Å². The quantitative estimate of drug-likeness (QED) is 0.563. The van der Waals surface area contributed by atoms with Crippen molar-refractivity contribution >= 4 is 53.6 Å². The molecule has 0 aliphatic heterocycles. The first kappa shape index (κ1) is 9.16. The van der Waals surface area contributed by atoms with Gasteiger partial charge in [0.25, 0.3) is 0 Å². The van der Waals surface area contributed by atoms with Crippen molar-refractivity contribution in [2.24, 2.45) is 0 Å². The Labute approximate surface area is 95.3 Å². The molecule has 0 unspecified atom stereocenters. The van der Waals surface area contributed by atoms with Gasteiger partial charge in [0.15, 0.2) is 0 Å². The van der Waals surface area contributed by atoms with E-state index in [0.717, 1.165) is 47.7 Å². The molecule has 0 aliphatic carbocycles. The fourth-order valence-electron chi connectivity index (χ4n) is 0.938. The molecule has 0 saturated carbocycles. The molecule has 0 fully saturated rings. The van der Waals surface area contributed by atoms with Gasteiger partial charge in [-0.05, 0) is 0 Å². The maximum absolute atomic E-state index is 2.45. The summed E-state index contributed by atoms with van der Waals surface area (Å²) in [5.41, 5.74) is 0. The molecule has 1 aromatic rings. The molecular formula is C8H11KSi. The molecule has 0 bridgehead atoms. The van der Waals surface area contributed by atoms with Gasteiger partial charge in [-0.2, -0.15) is 0 Å². The fraction of sp³-hybridized carbons (Fsp3) is 0.250. The molecule has 10 heavy (non-hydrogen) atoms. The SMILES string of the molecule is C[Si](C)([K])c1ccccc1. The van der Waals surface area contributed by atoms with E-state index in [9.17, 15) is 0 Å². The van der Waals surface area contributed by atoms with E-state index in [1.54, 1.807) is 5.19 Å². The van der Waals surface area contributed by atoms with Gasteiger partial charge in [0.2, 0.25) is 0 Å². The zero-order valence-corrected chi connectivity index (χ0v) is 11.0. The first-order valence-corrected chi connectivity index (χ1v) is 11.8. The average molecular weight is 174 g/mol. The van der Waals surface area contributed by atoms with Crippen molar-refractivity contribution in [2.75, 3.05) is 0 Å². The number of hydrogen-bond acceptors (Lipinski definition) is 0. The van der Waals surface area contributed by atoms with Crippen LogP contribution >= 0.6 is 0 Å². The van der Waals surface area contributed by atoms with Crippen molar-refractivity contribution in [1.29, 1.82) is 0 Å². The Balaban J connectivity index is 2.97. The predicted octanol–water partition coefficient (Wildman–Crippen LogP) is 1.27. The Kier molecular flexibility index (Phi) is 3.34. The van der Waals surface area contributed by atoms with E-state index < -0.39 is 0.755 Å². The van der Waals surface area contributed by atoms with Gasteiger partial charge < -0.3 is 0 Å². The van der Waals surface area contributed by atoms with Crippen LogP contribution in [0.15, 0.2) is 30.3 Å². The van der Waals surface area contributed by atoms with E-state index in [2.05, 4.69) is 43.4 Å². The Morgan fingerprint density at radius 1 is 1.10 bits per heavy atom. The van der Waals surface area contributed by atoms with Gasteiger partial charge >= 0.3 is 97.0 Å². The van der Waals surface area contributed by atoms with E-state index >= 15 is 0 Å². The van der Waals surface area contributed by atoms with Crippen molar-refractivity contribution in [2.45, 2.75) is 13.1 Å². The standard InChI is InChI=1S/C8H11Si.K/c1-9(2)8-6-4-3-5-7-8;/h3-7H,1-2H3;. The zero-order valence-electron chi connectivity index (χ0n) is 6.89. The molecule has 0 radical (unpaired) electrons. The third-order valence-electron chi connectivity index (χ3n) is 1.64. The Morgan fingerprint density at radius 3 is 1.90 bits per heavy atom.